The highest BCUT2D eigenvalue weighted by molar-refractivity contribution is 5.20. The van der Waals surface area contributed by atoms with Gasteiger partial charge in [-0.05, 0) is 51.6 Å². The summed E-state index contributed by atoms with van der Waals surface area (Å²) in [7, 11) is 0. The minimum atomic E-state index is 0.167. The maximum atomic E-state index is 3.72. The number of nitrogens with zero attached hydrogens (tertiary/aromatic N) is 1. The first-order chi connectivity index (χ1) is 9.88. The molecule has 118 valence electrons. The Bertz CT molecular complexity index is 419. The van der Waals surface area contributed by atoms with Crippen molar-refractivity contribution in [2.24, 2.45) is 5.92 Å². The quantitative estimate of drug-likeness (QED) is 0.872. The Morgan fingerprint density at radius 2 is 1.86 bits per heavy atom. The number of hydrogen-bond acceptors (Lipinski definition) is 2. The van der Waals surface area contributed by atoms with E-state index < -0.39 is 0 Å². The molecule has 2 unspecified atom stereocenters. The van der Waals surface area contributed by atoms with Crippen LogP contribution in [0.25, 0.3) is 0 Å². The summed E-state index contributed by atoms with van der Waals surface area (Å²) in [6.45, 7) is 13.7. The maximum Gasteiger partial charge on any atom is 0.0475 e. The van der Waals surface area contributed by atoms with Gasteiger partial charge in [-0.25, -0.2) is 0 Å². The van der Waals surface area contributed by atoms with Crippen LogP contribution in [0.4, 0.5) is 0 Å². The molecule has 0 amide bonds. The summed E-state index contributed by atoms with van der Waals surface area (Å²) in [6, 6.07) is 12.2. The van der Waals surface area contributed by atoms with Gasteiger partial charge in [0.15, 0.2) is 0 Å². The molecule has 1 fully saturated rings. The van der Waals surface area contributed by atoms with Gasteiger partial charge >= 0.3 is 0 Å². The molecule has 1 aliphatic rings. The fourth-order valence-electron chi connectivity index (χ4n) is 3.42. The molecular formula is C19H32N2. The van der Waals surface area contributed by atoms with Crippen molar-refractivity contribution in [1.29, 1.82) is 0 Å². The summed E-state index contributed by atoms with van der Waals surface area (Å²) in [6.07, 6.45) is 2.68. The van der Waals surface area contributed by atoms with Crippen molar-refractivity contribution in [2.45, 2.75) is 65.1 Å². The Morgan fingerprint density at radius 3 is 2.43 bits per heavy atom. The Kier molecular flexibility index (Phi) is 5.45. The molecule has 1 aromatic rings. The van der Waals surface area contributed by atoms with Crippen LogP contribution < -0.4 is 5.32 Å². The van der Waals surface area contributed by atoms with Crippen LogP contribution in [0.15, 0.2) is 30.3 Å². The third kappa shape index (κ3) is 4.55. The van der Waals surface area contributed by atoms with Crippen molar-refractivity contribution < 1.29 is 0 Å². The van der Waals surface area contributed by atoms with Gasteiger partial charge in [-0.1, -0.05) is 44.2 Å². The lowest BCUT2D eigenvalue weighted by molar-refractivity contribution is 0.137. The molecular weight excluding hydrogens is 256 g/mol. The molecule has 1 heterocycles. The minimum absolute atomic E-state index is 0.167. The van der Waals surface area contributed by atoms with Crippen LogP contribution in [0.1, 0.15) is 59.1 Å². The summed E-state index contributed by atoms with van der Waals surface area (Å²) in [4.78, 5) is 2.73. The van der Waals surface area contributed by atoms with E-state index in [1.807, 2.05) is 0 Å². The van der Waals surface area contributed by atoms with Crippen LogP contribution in [-0.2, 0) is 0 Å². The van der Waals surface area contributed by atoms with Crippen LogP contribution in [0.3, 0.4) is 0 Å². The van der Waals surface area contributed by atoms with E-state index in [1.54, 1.807) is 0 Å². The van der Waals surface area contributed by atoms with E-state index in [1.165, 1.54) is 24.9 Å². The van der Waals surface area contributed by atoms with E-state index in [0.29, 0.717) is 6.04 Å². The van der Waals surface area contributed by atoms with Gasteiger partial charge in [0, 0.05) is 24.2 Å². The van der Waals surface area contributed by atoms with Crippen molar-refractivity contribution in [3.63, 3.8) is 0 Å². The van der Waals surface area contributed by atoms with Crippen LogP contribution in [0, 0.1) is 5.92 Å². The first-order valence-corrected chi connectivity index (χ1v) is 8.44. The molecule has 1 aliphatic heterocycles. The normalized spacial score (nSPS) is 21.9. The van der Waals surface area contributed by atoms with Crippen LogP contribution in [-0.4, -0.2) is 29.6 Å². The second-order valence-corrected chi connectivity index (χ2v) is 7.75. The Labute approximate surface area is 130 Å². The van der Waals surface area contributed by atoms with E-state index in [4.69, 9.17) is 0 Å². The van der Waals surface area contributed by atoms with Crippen molar-refractivity contribution in [2.75, 3.05) is 13.1 Å². The molecule has 1 N–H and O–H groups in total. The zero-order chi connectivity index (χ0) is 15.5. The number of nitrogens with one attached hydrogen (secondary N) is 1. The molecule has 21 heavy (non-hydrogen) atoms. The smallest absolute Gasteiger partial charge is 0.0475 e. The van der Waals surface area contributed by atoms with E-state index in [0.717, 1.165) is 18.5 Å². The second kappa shape index (κ2) is 6.93. The van der Waals surface area contributed by atoms with Gasteiger partial charge in [-0.15, -0.1) is 0 Å². The molecule has 2 nitrogen and oxygen atoms in total. The summed E-state index contributed by atoms with van der Waals surface area (Å²) in [5, 5.41) is 3.72. The highest BCUT2D eigenvalue weighted by atomic mass is 15.2. The minimum Gasteiger partial charge on any atom is -0.310 e. The Hall–Kier alpha value is -0.860. The van der Waals surface area contributed by atoms with E-state index in [-0.39, 0.29) is 5.54 Å². The lowest BCUT2D eigenvalue weighted by Crippen LogP contribution is -2.45. The Morgan fingerprint density at radius 1 is 1.19 bits per heavy atom. The largest absolute Gasteiger partial charge is 0.310 e. The third-order valence-corrected chi connectivity index (χ3v) is 4.52. The Balaban J connectivity index is 2.19. The number of benzene rings is 1. The van der Waals surface area contributed by atoms with Gasteiger partial charge in [-0.3, -0.25) is 4.90 Å². The van der Waals surface area contributed by atoms with Gasteiger partial charge in [0.25, 0.3) is 0 Å². The highest BCUT2D eigenvalue weighted by Gasteiger charge is 2.33. The molecule has 2 rings (SSSR count). The summed E-state index contributed by atoms with van der Waals surface area (Å²) < 4.78 is 0. The number of likely N-dealkylation sites (tertiary alicyclic amines) is 1. The fourth-order valence-corrected chi connectivity index (χ4v) is 3.42. The molecule has 0 spiro atoms. The molecule has 0 aromatic heterocycles. The van der Waals surface area contributed by atoms with Crippen LogP contribution in [0.5, 0.6) is 0 Å². The average molecular weight is 288 g/mol. The molecule has 0 saturated carbocycles. The van der Waals surface area contributed by atoms with Crippen molar-refractivity contribution >= 4 is 0 Å². The fraction of sp³-hybridized carbons (Fsp3) is 0.684. The van der Waals surface area contributed by atoms with Gasteiger partial charge in [-0.2, -0.15) is 0 Å². The van der Waals surface area contributed by atoms with Crippen molar-refractivity contribution in [3.05, 3.63) is 35.9 Å². The summed E-state index contributed by atoms with van der Waals surface area (Å²) in [5.41, 5.74) is 1.61. The van der Waals surface area contributed by atoms with Crippen LogP contribution in [0.2, 0.25) is 0 Å². The zero-order valence-electron chi connectivity index (χ0n) is 14.4. The molecule has 0 bridgehead atoms. The summed E-state index contributed by atoms with van der Waals surface area (Å²) >= 11 is 0. The summed E-state index contributed by atoms with van der Waals surface area (Å²) in [5.74, 6) is 0.730. The molecule has 2 heteroatoms. The molecule has 0 radical (unpaired) electrons. The monoisotopic (exact) mass is 288 g/mol. The van der Waals surface area contributed by atoms with Gasteiger partial charge in [0.05, 0.1) is 0 Å². The van der Waals surface area contributed by atoms with Crippen LogP contribution >= 0.6 is 0 Å². The zero-order valence-corrected chi connectivity index (χ0v) is 14.4. The van der Waals surface area contributed by atoms with E-state index >= 15 is 0 Å². The topological polar surface area (TPSA) is 15.3 Å². The SMILES string of the molecule is CC(C)C1CCCN1C(CNC(C)(C)C)c1ccccc1. The van der Waals surface area contributed by atoms with Crippen molar-refractivity contribution in [3.8, 4) is 0 Å². The van der Waals surface area contributed by atoms with E-state index in [2.05, 4.69) is 75.2 Å². The second-order valence-electron chi connectivity index (χ2n) is 7.75. The third-order valence-electron chi connectivity index (χ3n) is 4.52. The molecule has 1 aromatic carbocycles. The molecule has 0 aliphatic carbocycles. The maximum absolute atomic E-state index is 3.72. The average Bonchev–Trinajstić information content (AvgIpc) is 2.88. The first kappa shape index (κ1) is 16.5. The van der Waals surface area contributed by atoms with Gasteiger partial charge < -0.3 is 5.32 Å². The molecule has 1 saturated heterocycles. The lowest BCUT2D eigenvalue weighted by Gasteiger charge is -2.37. The van der Waals surface area contributed by atoms with Crippen molar-refractivity contribution in [1.82, 2.24) is 10.2 Å². The number of rotatable bonds is 5. The van der Waals surface area contributed by atoms with E-state index in [9.17, 15) is 0 Å². The highest BCUT2D eigenvalue weighted by Crippen LogP contribution is 2.32. The first-order valence-electron chi connectivity index (χ1n) is 8.44. The number of hydrogen-bond donors (Lipinski definition) is 1. The lowest BCUT2D eigenvalue weighted by atomic mass is 9.97. The molecule has 2 atom stereocenters. The van der Waals surface area contributed by atoms with Gasteiger partial charge in [0.1, 0.15) is 0 Å². The predicted octanol–water partition coefficient (Wildman–Crippen LogP) is 4.24. The standard InChI is InChI=1S/C19H32N2/c1-15(2)17-12-9-13-21(17)18(14-20-19(3,4)5)16-10-7-6-8-11-16/h6-8,10-11,15,17-18,20H,9,12-14H2,1-5H3. The predicted molar refractivity (Wildman–Crippen MR) is 91.5 cm³/mol. The van der Waals surface area contributed by atoms with Gasteiger partial charge in [0.2, 0.25) is 0 Å².